The highest BCUT2D eigenvalue weighted by molar-refractivity contribution is 5.94. The Kier molecular flexibility index (Phi) is 8.64. The van der Waals surface area contributed by atoms with Crippen LogP contribution in [0.4, 0.5) is 0 Å². The molecule has 1 aliphatic rings. The molecule has 1 fully saturated rings. The molecule has 6 rings (SSSR count). The van der Waals surface area contributed by atoms with Gasteiger partial charge in [-0.2, -0.15) is 4.98 Å². The average molecular weight is 560 g/mol. The fourth-order valence-corrected chi connectivity index (χ4v) is 4.96. The maximum Gasteiger partial charge on any atom is 0.258 e. The highest BCUT2D eigenvalue weighted by Crippen LogP contribution is 2.26. The second kappa shape index (κ2) is 13.2. The van der Waals surface area contributed by atoms with E-state index in [1.165, 1.54) is 5.56 Å². The van der Waals surface area contributed by atoms with Crippen LogP contribution in [0.25, 0.3) is 22.8 Å². The van der Waals surface area contributed by atoms with Crippen molar-refractivity contribution in [3.63, 3.8) is 0 Å². The molecule has 1 N–H and O–H groups in total. The lowest BCUT2D eigenvalue weighted by Crippen LogP contribution is -2.48. The molecular formula is C34H33N5O3. The van der Waals surface area contributed by atoms with E-state index >= 15 is 0 Å². The first-order chi connectivity index (χ1) is 20.7. The number of rotatable bonds is 10. The van der Waals surface area contributed by atoms with Gasteiger partial charge in [0.25, 0.3) is 11.8 Å². The van der Waals surface area contributed by atoms with Gasteiger partial charge < -0.3 is 14.6 Å². The Bertz CT molecular complexity index is 1560. The maximum atomic E-state index is 12.7. The molecule has 0 aliphatic carbocycles. The second-order valence-corrected chi connectivity index (χ2v) is 10.3. The van der Waals surface area contributed by atoms with E-state index in [0.717, 1.165) is 61.9 Å². The molecule has 5 aromatic rings. The zero-order chi connectivity index (χ0) is 28.6. The average Bonchev–Trinajstić information content (AvgIpc) is 3.54. The van der Waals surface area contributed by atoms with Gasteiger partial charge in [-0.25, -0.2) is 0 Å². The molecule has 1 aromatic heterocycles. The summed E-state index contributed by atoms with van der Waals surface area (Å²) in [6.45, 7) is 6.54. The number of carbonyl (C=O) groups excluding carboxylic acids is 1. The largest absolute Gasteiger partial charge is 0.457 e. The molecule has 212 valence electrons. The van der Waals surface area contributed by atoms with Crippen LogP contribution < -0.4 is 10.1 Å². The first kappa shape index (κ1) is 27.4. The minimum absolute atomic E-state index is 0.0872. The van der Waals surface area contributed by atoms with Crippen LogP contribution in [0.5, 0.6) is 11.5 Å². The summed E-state index contributed by atoms with van der Waals surface area (Å²) in [6, 6.07) is 35.0. The molecule has 42 heavy (non-hydrogen) atoms. The quantitative estimate of drug-likeness (QED) is 0.234. The van der Waals surface area contributed by atoms with Crippen molar-refractivity contribution in [3.05, 3.63) is 120 Å². The predicted octanol–water partition coefficient (Wildman–Crippen LogP) is 5.74. The van der Waals surface area contributed by atoms with Crippen molar-refractivity contribution >= 4 is 5.91 Å². The Labute approximate surface area is 245 Å². The normalized spacial score (nSPS) is 14.0. The van der Waals surface area contributed by atoms with Crippen LogP contribution in [0.1, 0.15) is 15.9 Å². The summed E-state index contributed by atoms with van der Waals surface area (Å²) in [5.74, 6) is 2.29. The van der Waals surface area contributed by atoms with Crippen molar-refractivity contribution < 1.29 is 14.1 Å². The van der Waals surface area contributed by atoms with Gasteiger partial charge in [-0.1, -0.05) is 65.8 Å². The molecule has 1 saturated heterocycles. The number of carbonyl (C=O) groups is 1. The Balaban J connectivity index is 0.959. The van der Waals surface area contributed by atoms with Crippen molar-refractivity contribution in [3.8, 4) is 34.3 Å². The standard InChI is InChI=1S/C34H33N5O3/c40-33(35-19-20-38-21-23-39(24-22-38)25-26-7-3-1-4-8-26)28-13-11-27(12-14-28)32-36-34(42-37-32)29-15-17-31(18-16-29)41-30-9-5-2-6-10-30/h1-18H,19-25H2,(H,35,40). The van der Waals surface area contributed by atoms with E-state index in [2.05, 4.69) is 55.6 Å². The number of hydrogen-bond donors (Lipinski definition) is 1. The Hall–Kier alpha value is -4.79. The molecule has 8 nitrogen and oxygen atoms in total. The number of ether oxygens (including phenoxy) is 1. The third-order valence-corrected chi connectivity index (χ3v) is 7.34. The van der Waals surface area contributed by atoms with E-state index in [1.54, 1.807) is 12.1 Å². The van der Waals surface area contributed by atoms with Crippen molar-refractivity contribution in [1.29, 1.82) is 0 Å². The fraction of sp³-hybridized carbons (Fsp3) is 0.206. The Morgan fingerprint density at radius 3 is 2.07 bits per heavy atom. The summed E-state index contributed by atoms with van der Waals surface area (Å²) in [5.41, 5.74) is 3.52. The van der Waals surface area contributed by atoms with Crippen LogP contribution in [0, 0.1) is 0 Å². The molecule has 2 heterocycles. The van der Waals surface area contributed by atoms with Gasteiger partial charge in [-0.05, 0) is 54.1 Å². The third-order valence-electron chi connectivity index (χ3n) is 7.34. The smallest absolute Gasteiger partial charge is 0.258 e. The predicted molar refractivity (Wildman–Crippen MR) is 162 cm³/mol. The number of benzene rings is 4. The summed E-state index contributed by atoms with van der Waals surface area (Å²) >= 11 is 0. The first-order valence-electron chi connectivity index (χ1n) is 14.2. The number of piperazine rings is 1. The Morgan fingerprint density at radius 2 is 1.36 bits per heavy atom. The molecule has 0 atom stereocenters. The number of aromatic nitrogens is 2. The van der Waals surface area contributed by atoms with Crippen LogP contribution in [-0.4, -0.2) is 65.1 Å². The van der Waals surface area contributed by atoms with Gasteiger partial charge in [0, 0.05) is 62.5 Å². The minimum atomic E-state index is -0.0872. The van der Waals surface area contributed by atoms with E-state index in [1.807, 2.05) is 66.7 Å². The van der Waals surface area contributed by atoms with Gasteiger partial charge in [-0.15, -0.1) is 0 Å². The van der Waals surface area contributed by atoms with Crippen molar-refractivity contribution in [2.75, 3.05) is 39.3 Å². The lowest BCUT2D eigenvalue weighted by Gasteiger charge is -2.34. The lowest BCUT2D eigenvalue weighted by molar-refractivity contribution is 0.0934. The van der Waals surface area contributed by atoms with Crippen LogP contribution in [0.15, 0.2) is 114 Å². The van der Waals surface area contributed by atoms with E-state index < -0.39 is 0 Å². The zero-order valence-corrected chi connectivity index (χ0v) is 23.4. The highest BCUT2D eigenvalue weighted by atomic mass is 16.5. The summed E-state index contributed by atoms with van der Waals surface area (Å²) in [4.78, 5) is 22.2. The van der Waals surface area contributed by atoms with E-state index in [9.17, 15) is 4.79 Å². The summed E-state index contributed by atoms with van der Waals surface area (Å²) in [6.07, 6.45) is 0. The minimum Gasteiger partial charge on any atom is -0.457 e. The van der Waals surface area contributed by atoms with E-state index in [-0.39, 0.29) is 5.91 Å². The monoisotopic (exact) mass is 559 g/mol. The summed E-state index contributed by atoms with van der Waals surface area (Å²) < 4.78 is 11.3. The number of nitrogens with zero attached hydrogens (tertiary/aromatic N) is 4. The topological polar surface area (TPSA) is 83.7 Å². The van der Waals surface area contributed by atoms with Gasteiger partial charge in [0.2, 0.25) is 5.82 Å². The molecule has 1 amide bonds. The summed E-state index contributed by atoms with van der Waals surface area (Å²) in [5, 5.41) is 7.18. The van der Waals surface area contributed by atoms with Crippen molar-refractivity contribution in [2.45, 2.75) is 6.54 Å². The van der Waals surface area contributed by atoms with Crippen molar-refractivity contribution in [2.24, 2.45) is 0 Å². The Morgan fingerprint density at radius 1 is 0.738 bits per heavy atom. The number of para-hydroxylation sites is 1. The van der Waals surface area contributed by atoms with Gasteiger partial charge >= 0.3 is 0 Å². The van der Waals surface area contributed by atoms with Crippen LogP contribution in [0.3, 0.4) is 0 Å². The van der Waals surface area contributed by atoms with Crippen LogP contribution in [0.2, 0.25) is 0 Å². The SMILES string of the molecule is O=C(NCCN1CCN(Cc2ccccc2)CC1)c1ccc(-c2noc(-c3ccc(Oc4ccccc4)cc3)n2)cc1. The summed E-state index contributed by atoms with van der Waals surface area (Å²) in [7, 11) is 0. The molecule has 0 spiro atoms. The second-order valence-electron chi connectivity index (χ2n) is 10.3. The lowest BCUT2D eigenvalue weighted by atomic mass is 10.1. The van der Waals surface area contributed by atoms with Gasteiger partial charge in [0.1, 0.15) is 11.5 Å². The maximum absolute atomic E-state index is 12.7. The third kappa shape index (κ3) is 7.09. The van der Waals surface area contributed by atoms with E-state index in [4.69, 9.17) is 9.26 Å². The molecule has 0 saturated carbocycles. The first-order valence-corrected chi connectivity index (χ1v) is 14.2. The molecular weight excluding hydrogens is 526 g/mol. The number of hydrogen-bond acceptors (Lipinski definition) is 7. The highest BCUT2D eigenvalue weighted by Gasteiger charge is 2.17. The fourth-order valence-electron chi connectivity index (χ4n) is 4.96. The zero-order valence-electron chi connectivity index (χ0n) is 23.4. The van der Waals surface area contributed by atoms with Gasteiger partial charge in [-0.3, -0.25) is 14.6 Å². The number of nitrogens with one attached hydrogen (secondary N) is 1. The van der Waals surface area contributed by atoms with E-state index in [0.29, 0.717) is 23.8 Å². The van der Waals surface area contributed by atoms with Gasteiger partial charge in [0.05, 0.1) is 0 Å². The van der Waals surface area contributed by atoms with Crippen molar-refractivity contribution in [1.82, 2.24) is 25.3 Å². The molecule has 0 radical (unpaired) electrons. The van der Waals surface area contributed by atoms with Gasteiger partial charge in [0.15, 0.2) is 0 Å². The van der Waals surface area contributed by atoms with Crippen LogP contribution >= 0.6 is 0 Å². The molecule has 0 unspecified atom stereocenters. The molecule has 0 bridgehead atoms. The van der Waals surface area contributed by atoms with Crippen LogP contribution in [-0.2, 0) is 6.54 Å². The molecule has 8 heteroatoms. The number of amides is 1. The molecule has 1 aliphatic heterocycles. The molecule has 4 aromatic carbocycles.